The van der Waals surface area contributed by atoms with Crippen molar-refractivity contribution in [3.05, 3.63) is 65.7 Å². The molecule has 2 atom stereocenters. The highest BCUT2D eigenvalue weighted by molar-refractivity contribution is 7.89. The Morgan fingerprint density at radius 2 is 1.66 bits per heavy atom. The molecule has 5 nitrogen and oxygen atoms in total. The van der Waals surface area contributed by atoms with Crippen LogP contribution in [0.2, 0.25) is 0 Å². The Hall–Kier alpha value is -1.89. The van der Waals surface area contributed by atoms with E-state index in [1.807, 2.05) is 61.5 Å². The zero-order chi connectivity index (χ0) is 20.3. The third-order valence-corrected chi connectivity index (χ3v) is 8.30. The van der Waals surface area contributed by atoms with Crippen molar-refractivity contribution >= 4 is 10.0 Å². The minimum atomic E-state index is -3.41. The minimum absolute atomic E-state index is 0.00173. The molecule has 2 aromatic carbocycles. The van der Waals surface area contributed by atoms with E-state index >= 15 is 0 Å². The monoisotopic (exact) mass is 415 g/mol. The second-order valence-corrected chi connectivity index (χ2v) is 10.1. The maximum atomic E-state index is 13.3. The number of rotatable bonds is 5. The van der Waals surface area contributed by atoms with Crippen LogP contribution in [0.1, 0.15) is 49.0 Å². The average molecular weight is 416 g/mol. The minimum Gasteiger partial charge on any atom is -0.490 e. The molecule has 0 bridgehead atoms. The lowest BCUT2D eigenvalue weighted by molar-refractivity contribution is 0.0255. The standard InChI is InChI=1S/C23H29NO4S/c1-18-7-12-23(20-5-3-2-4-6-20)29(25,26)24(18)17-19-8-10-21(11-9-19)28-22-13-15-27-16-14-22/h2-6,8-11,18,22-23H,7,12-17H2,1H3/t18-,23?/m0/s1. The molecule has 0 spiro atoms. The zero-order valence-corrected chi connectivity index (χ0v) is 17.7. The summed E-state index contributed by atoms with van der Waals surface area (Å²) >= 11 is 0. The third kappa shape index (κ3) is 4.65. The lowest BCUT2D eigenvalue weighted by Gasteiger charge is -2.37. The van der Waals surface area contributed by atoms with Crippen molar-refractivity contribution in [3.8, 4) is 5.75 Å². The fraction of sp³-hybridized carbons (Fsp3) is 0.478. The van der Waals surface area contributed by atoms with Crippen molar-refractivity contribution in [2.24, 2.45) is 0 Å². The lowest BCUT2D eigenvalue weighted by Crippen LogP contribution is -2.44. The molecule has 2 heterocycles. The molecular formula is C23H29NO4S. The van der Waals surface area contributed by atoms with Gasteiger partial charge in [0.05, 0.1) is 13.2 Å². The van der Waals surface area contributed by atoms with Crippen LogP contribution in [0.4, 0.5) is 0 Å². The molecule has 0 aromatic heterocycles. The molecule has 0 saturated carbocycles. The van der Waals surface area contributed by atoms with Gasteiger partial charge in [0, 0.05) is 25.4 Å². The molecule has 2 saturated heterocycles. The van der Waals surface area contributed by atoms with Crippen LogP contribution in [0, 0.1) is 0 Å². The lowest BCUT2D eigenvalue weighted by atomic mass is 10.0. The topological polar surface area (TPSA) is 55.8 Å². The van der Waals surface area contributed by atoms with Gasteiger partial charge in [0.15, 0.2) is 0 Å². The quantitative estimate of drug-likeness (QED) is 0.731. The van der Waals surface area contributed by atoms with Crippen molar-refractivity contribution in [1.82, 2.24) is 4.31 Å². The molecule has 156 valence electrons. The predicted octanol–water partition coefficient (Wildman–Crippen LogP) is 4.30. The van der Waals surface area contributed by atoms with Gasteiger partial charge < -0.3 is 9.47 Å². The van der Waals surface area contributed by atoms with Gasteiger partial charge in [-0.25, -0.2) is 8.42 Å². The van der Waals surface area contributed by atoms with E-state index in [1.54, 1.807) is 4.31 Å². The number of hydrogen-bond acceptors (Lipinski definition) is 4. The summed E-state index contributed by atoms with van der Waals surface area (Å²) in [6, 6.07) is 17.4. The number of ether oxygens (including phenoxy) is 2. The summed E-state index contributed by atoms with van der Waals surface area (Å²) in [5.74, 6) is 0.831. The second-order valence-electron chi connectivity index (χ2n) is 7.99. The summed E-state index contributed by atoms with van der Waals surface area (Å²) in [5, 5.41) is -0.462. The maximum Gasteiger partial charge on any atom is 0.221 e. The molecule has 0 amide bonds. The summed E-state index contributed by atoms with van der Waals surface area (Å²) in [7, 11) is -3.41. The van der Waals surface area contributed by atoms with Gasteiger partial charge in [0.1, 0.15) is 17.1 Å². The van der Waals surface area contributed by atoms with Gasteiger partial charge in [0.25, 0.3) is 0 Å². The Labute approximate surface area is 173 Å². The summed E-state index contributed by atoms with van der Waals surface area (Å²) < 4.78 is 39.8. The van der Waals surface area contributed by atoms with Gasteiger partial charge in [-0.2, -0.15) is 4.31 Å². The molecule has 0 aliphatic carbocycles. The molecule has 4 rings (SSSR count). The summed E-state index contributed by atoms with van der Waals surface area (Å²) in [6.45, 7) is 3.89. The fourth-order valence-corrected chi connectivity index (χ4v) is 6.39. The molecule has 2 fully saturated rings. The van der Waals surface area contributed by atoms with E-state index in [9.17, 15) is 8.42 Å². The predicted molar refractivity (Wildman–Crippen MR) is 113 cm³/mol. The van der Waals surface area contributed by atoms with Crippen LogP contribution in [-0.4, -0.2) is 38.1 Å². The Kier molecular flexibility index (Phi) is 6.23. The van der Waals surface area contributed by atoms with E-state index in [4.69, 9.17) is 9.47 Å². The number of benzene rings is 2. The van der Waals surface area contributed by atoms with Crippen LogP contribution in [0.15, 0.2) is 54.6 Å². The molecular weight excluding hydrogens is 386 g/mol. The van der Waals surface area contributed by atoms with E-state index in [2.05, 4.69) is 0 Å². The van der Waals surface area contributed by atoms with E-state index in [0.717, 1.165) is 49.4 Å². The van der Waals surface area contributed by atoms with E-state index < -0.39 is 15.3 Å². The first-order valence-corrected chi connectivity index (χ1v) is 11.9. The highest BCUT2D eigenvalue weighted by atomic mass is 32.2. The Bertz CT molecular complexity index is 892. The van der Waals surface area contributed by atoms with Gasteiger partial charge in [-0.3, -0.25) is 0 Å². The highest BCUT2D eigenvalue weighted by Gasteiger charge is 2.40. The molecule has 0 N–H and O–H groups in total. The van der Waals surface area contributed by atoms with Crippen LogP contribution in [0.3, 0.4) is 0 Å². The van der Waals surface area contributed by atoms with Gasteiger partial charge in [-0.15, -0.1) is 0 Å². The van der Waals surface area contributed by atoms with E-state index in [-0.39, 0.29) is 12.1 Å². The average Bonchev–Trinajstić information content (AvgIpc) is 2.73. The van der Waals surface area contributed by atoms with Crippen molar-refractivity contribution in [1.29, 1.82) is 0 Å². The largest absolute Gasteiger partial charge is 0.490 e. The molecule has 2 aromatic rings. The summed E-state index contributed by atoms with van der Waals surface area (Å²) in [5.41, 5.74) is 1.86. The van der Waals surface area contributed by atoms with Crippen molar-refractivity contribution < 1.29 is 17.9 Å². The molecule has 6 heteroatoms. The summed E-state index contributed by atoms with van der Waals surface area (Å²) in [4.78, 5) is 0. The first kappa shape index (κ1) is 20.4. The Balaban J connectivity index is 1.47. The van der Waals surface area contributed by atoms with Gasteiger partial charge in [-0.05, 0) is 43.0 Å². The molecule has 0 radical (unpaired) electrons. The van der Waals surface area contributed by atoms with Gasteiger partial charge in [0.2, 0.25) is 10.0 Å². The van der Waals surface area contributed by atoms with E-state index in [0.29, 0.717) is 13.0 Å². The molecule has 1 unspecified atom stereocenters. The van der Waals surface area contributed by atoms with Crippen LogP contribution < -0.4 is 4.74 Å². The SMILES string of the molecule is C[C@H]1CCC(c2ccccc2)S(=O)(=O)N1Cc1ccc(OC2CCOCC2)cc1. The molecule has 2 aliphatic rings. The maximum absolute atomic E-state index is 13.3. The smallest absolute Gasteiger partial charge is 0.221 e. The second kappa shape index (κ2) is 8.86. The molecule has 2 aliphatic heterocycles. The summed E-state index contributed by atoms with van der Waals surface area (Å²) in [6.07, 6.45) is 3.55. The Morgan fingerprint density at radius 3 is 2.34 bits per heavy atom. The zero-order valence-electron chi connectivity index (χ0n) is 16.9. The highest BCUT2D eigenvalue weighted by Crippen LogP contribution is 2.38. The van der Waals surface area contributed by atoms with Gasteiger partial charge >= 0.3 is 0 Å². The van der Waals surface area contributed by atoms with Crippen LogP contribution in [0.25, 0.3) is 0 Å². The van der Waals surface area contributed by atoms with Gasteiger partial charge in [-0.1, -0.05) is 42.5 Å². The normalized spacial score (nSPS) is 25.6. The van der Waals surface area contributed by atoms with Crippen molar-refractivity contribution in [2.75, 3.05) is 13.2 Å². The van der Waals surface area contributed by atoms with Crippen LogP contribution in [-0.2, 0) is 21.3 Å². The van der Waals surface area contributed by atoms with E-state index in [1.165, 1.54) is 0 Å². The first-order valence-electron chi connectivity index (χ1n) is 10.4. The fourth-order valence-electron chi connectivity index (χ4n) is 4.19. The number of nitrogens with zero attached hydrogens (tertiary/aromatic N) is 1. The van der Waals surface area contributed by atoms with Crippen molar-refractivity contribution in [3.63, 3.8) is 0 Å². The number of hydrogen-bond donors (Lipinski definition) is 0. The number of sulfonamides is 1. The first-order chi connectivity index (χ1) is 14.0. The molecule has 29 heavy (non-hydrogen) atoms. The van der Waals surface area contributed by atoms with Crippen molar-refractivity contribution in [2.45, 2.75) is 56.5 Å². The van der Waals surface area contributed by atoms with Crippen LogP contribution in [0.5, 0.6) is 5.75 Å². The van der Waals surface area contributed by atoms with Crippen LogP contribution >= 0.6 is 0 Å². The third-order valence-electron chi connectivity index (χ3n) is 5.93. The Morgan fingerprint density at radius 1 is 0.966 bits per heavy atom.